The third kappa shape index (κ3) is 2.92. The average Bonchev–Trinajstić information content (AvgIpc) is 3.32. The first kappa shape index (κ1) is 16.6. The highest BCUT2D eigenvalue weighted by molar-refractivity contribution is 5.36. The van der Waals surface area contributed by atoms with Crippen molar-refractivity contribution in [3.05, 3.63) is 58.7 Å². The van der Waals surface area contributed by atoms with E-state index in [2.05, 4.69) is 26.0 Å². The maximum absolute atomic E-state index is 10.6. The van der Waals surface area contributed by atoms with Crippen LogP contribution in [0.3, 0.4) is 0 Å². The zero-order valence-corrected chi connectivity index (χ0v) is 14.8. The number of nitrogens with one attached hydrogen (secondary N) is 1. The molecule has 1 atom stereocenters. The number of imidazole rings is 1. The van der Waals surface area contributed by atoms with Gasteiger partial charge in [-0.25, -0.2) is 4.98 Å². The van der Waals surface area contributed by atoms with E-state index in [1.165, 1.54) is 0 Å². The maximum atomic E-state index is 10.6. The minimum atomic E-state index is -0.828. The molecule has 1 aliphatic heterocycles. The molecular weight excluding hydrogens is 330 g/mol. The van der Waals surface area contributed by atoms with Crippen LogP contribution >= 0.6 is 0 Å². The lowest BCUT2D eigenvalue weighted by molar-refractivity contribution is 0.194. The molecule has 0 saturated carbocycles. The second kappa shape index (κ2) is 6.44. The molecule has 3 aromatic rings. The first-order valence-electron chi connectivity index (χ1n) is 8.58. The van der Waals surface area contributed by atoms with Gasteiger partial charge in [0.2, 0.25) is 0 Å². The molecular formula is C18H21N7O. The van der Waals surface area contributed by atoms with Crippen molar-refractivity contribution in [2.75, 3.05) is 6.54 Å². The fourth-order valence-electron chi connectivity index (χ4n) is 3.45. The lowest BCUT2D eigenvalue weighted by Crippen LogP contribution is -2.33. The first-order valence-corrected chi connectivity index (χ1v) is 8.58. The molecule has 2 N–H and O–H groups in total. The number of aliphatic hydroxyl groups is 1. The molecule has 8 nitrogen and oxygen atoms in total. The van der Waals surface area contributed by atoms with Crippen molar-refractivity contribution in [2.45, 2.75) is 32.7 Å². The number of aliphatic hydroxyl groups excluding tert-OH is 1. The van der Waals surface area contributed by atoms with E-state index in [4.69, 9.17) is 5.26 Å². The number of aromatic nitrogens is 5. The van der Waals surface area contributed by atoms with Crippen LogP contribution in [0.4, 0.5) is 0 Å². The standard InChI is InChI=1S/C18H21N7O/c1-12-13(9-19)7-14(21-12)10-24-5-6-25-15(11-24)8-16(22-25)17(26)18-20-3-4-23(18)2/h3-4,7-8,17,21,26H,5-6,10-11H2,1-2H3/t17-/m1/s1. The Bertz CT molecular complexity index is 974. The Morgan fingerprint density at radius 2 is 2.23 bits per heavy atom. The number of aryl methyl sites for hydroxylation is 2. The van der Waals surface area contributed by atoms with Gasteiger partial charge in [-0.05, 0) is 19.1 Å². The lowest BCUT2D eigenvalue weighted by Gasteiger charge is -2.26. The fourth-order valence-corrected chi connectivity index (χ4v) is 3.45. The summed E-state index contributed by atoms with van der Waals surface area (Å²) in [6.07, 6.45) is 2.65. The van der Waals surface area contributed by atoms with Gasteiger partial charge in [-0.1, -0.05) is 0 Å². The lowest BCUT2D eigenvalue weighted by atomic mass is 10.2. The van der Waals surface area contributed by atoms with Crippen molar-refractivity contribution in [1.29, 1.82) is 5.26 Å². The second-order valence-electron chi connectivity index (χ2n) is 6.74. The Labute approximate surface area is 151 Å². The van der Waals surface area contributed by atoms with Crippen LogP contribution in [-0.2, 0) is 26.7 Å². The van der Waals surface area contributed by atoms with Gasteiger partial charge in [0.15, 0.2) is 6.10 Å². The van der Waals surface area contributed by atoms with Crippen molar-refractivity contribution in [1.82, 2.24) is 29.2 Å². The summed E-state index contributed by atoms with van der Waals surface area (Å²) >= 11 is 0. The normalized spacial score (nSPS) is 15.6. The minimum absolute atomic E-state index is 0.586. The molecule has 0 saturated heterocycles. The highest BCUT2D eigenvalue weighted by Crippen LogP contribution is 2.23. The van der Waals surface area contributed by atoms with Crippen LogP contribution in [0.2, 0.25) is 0 Å². The summed E-state index contributed by atoms with van der Waals surface area (Å²) < 4.78 is 3.76. The van der Waals surface area contributed by atoms with E-state index in [0.29, 0.717) is 17.1 Å². The zero-order valence-electron chi connectivity index (χ0n) is 14.8. The molecule has 0 aromatic carbocycles. The van der Waals surface area contributed by atoms with Gasteiger partial charge in [-0.15, -0.1) is 0 Å². The fraction of sp³-hybridized carbons (Fsp3) is 0.389. The van der Waals surface area contributed by atoms with Crippen LogP contribution in [0.25, 0.3) is 0 Å². The highest BCUT2D eigenvalue weighted by atomic mass is 16.3. The van der Waals surface area contributed by atoms with Crippen LogP contribution in [0.15, 0.2) is 24.5 Å². The quantitative estimate of drug-likeness (QED) is 0.736. The Hall–Kier alpha value is -2.89. The predicted molar refractivity (Wildman–Crippen MR) is 93.9 cm³/mol. The first-order chi connectivity index (χ1) is 12.5. The summed E-state index contributed by atoms with van der Waals surface area (Å²) in [4.78, 5) is 9.79. The van der Waals surface area contributed by atoms with Gasteiger partial charge >= 0.3 is 0 Å². The van der Waals surface area contributed by atoms with Crippen LogP contribution in [0.5, 0.6) is 0 Å². The Morgan fingerprint density at radius 1 is 1.38 bits per heavy atom. The maximum Gasteiger partial charge on any atom is 0.155 e. The molecule has 4 rings (SSSR count). The summed E-state index contributed by atoms with van der Waals surface area (Å²) in [5.74, 6) is 0.586. The van der Waals surface area contributed by atoms with Crippen LogP contribution < -0.4 is 0 Å². The Morgan fingerprint density at radius 3 is 2.92 bits per heavy atom. The Kier molecular flexibility index (Phi) is 4.11. The van der Waals surface area contributed by atoms with E-state index in [9.17, 15) is 5.11 Å². The average molecular weight is 351 g/mol. The number of nitriles is 1. The smallest absolute Gasteiger partial charge is 0.155 e. The van der Waals surface area contributed by atoms with E-state index in [1.807, 2.05) is 37.0 Å². The number of hydrogen-bond donors (Lipinski definition) is 2. The van der Waals surface area contributed by atoms with Gasteiger partial charge in [0, 0.05) is 50.5 Å². The van der Waals surface area contributed by atoms with E-state index >= 15 is 0 Å². The molecule has 0 radical (unpaired) electrons. The second-order valence-corrected chi connectivity index (χ2v) is 6.74. The van der Waals surface area contributed by atoms with Crippen molar-refractivity contribution >= 4 is 0 Å². The summed E-state index contributed by atoms with van der Waals surface area (Å²) in [6.45, 7) is 5.06. The number of rotatable bonds is 4. The van der Waals surface area contributed by atoms with Gasteiger partial charge < -0.3 is 14.7 Å². The van der Waals surface area contributed by atoms with Gasteiger partial charge in [0.25, 0.3) is 0 Å². The van der Waals surface area contributed by atoms with Gasteiger partial charge in [0.05, 0.1) is 23.5 Å². The molecule has 0 aliphatic carbocycles. The molecule has 0 spiro atoms. The summed E-state index contributed by atoms with van der Waals surface area (Å²) in [7, 11) is 1.86. The number of fused-ring (bicyclic) bond motifs is 1. The number of H-pyrrole nitrogens is 1. The van der Waals surface area contributed by atoms with E-state index in [-0.39, 0.29) is 0 Å². The van der Waals surface area contributed by atoms with Crippen LogP contribution in [0.1, 0.15) is 40.3 Å². The molecule has 3 aromatic heterocycles. The molecule has 1 aliphatic rings. The zero-order chi connectivity index (χ0) is 18.3. The third-order valence-corrected chi connectivity index (χ3v) is 4.86. The number of nitrogens with zero attached hydrogens (tertiary/aromatic N) is 6. The monoisotopic (exact) mass is 351 g/mol. The van der Waals surface area contributed by atoms with Gasteiger partial charge in [0.1, 0.15) is 11.9 Å². The Balaban J connectivity index is 1.50. The van der Waals surface area contributed by atoms with Crippen molar-refractivity contribution in [2.24, 2.45) is 7.05 Å². The van der Waals surface area contributed by atoms with E-state index in [1.54, 1.807) is 10.8 Å². The molecule has 0 unspecified atom stereocenters. The van der Waals surface area contributed by atoms with E-state index in [0.717, 1.165) is 43.3 Å². The summed E-state index contributed by atoms with van der Waals surface area (Å²) in [5, 5.41) is 24.2. The molecule has 4 heterocycles. The van der Waals surface area contributed by atoms with Gasteiger partial charge in [-0.2, -0.15) is 10.4 Å². The molecule has 0 bridgehead atoms. The molecule has 0 fully saturated rings. The summed E-state index contributed by atoms with van der Waals surface area (Å²) in [6, 6.07) is 6.07. The van der Waals surface area contributed by atoms with Crippen molar-refractivity contribution in [3.8, 4) is 6.07 Å². The third-order valence-electron chi connectivity index (χ3n) is 4.86. The topological polar surface area (TPSA) is 98.7 Å². The van der Waals surface area contributed by atoms with Crippen LogP contribution in [0, 0.1) is 18.3 Å². The largest absolute Gasteiger partial charge is 0.379 e. The number of hydrogen-bond acceptors (Lipinski definition) is 5. The van der Waals surface area contributed by atoms with Crippen molar-refractivity contribution < 1.29 is 5.11 Å². The minimum Gasteiger partial charge on any atom is -0.379 e. The number of aromatic amines is 1. The SMILES string of the molecule is Cc1[nH]c(CN2CCn3nc([C@@H](O)c4nccn4C)cc3C2)cc1C#N. The molecule has 8 heteroatoms. The van der Waals surface area contributed by atoms with Crippen LogP contribution in [-0.4, -0.2) is 40.9 Å². The van der Waals surface area contributed by atoms with Gasteiger partial charge in [-0.3, -0.25) is 9.58 Å². The predicted octanol–water partition coefficient (Wildman–Crippen LogP) is 1.22. The highest BCUT2D eigenvalue weighted by Gasteiger charge is 2.24. The molecule has 134 valence electrons. The molecule has 26 heavy (non-hydrogen) atoms. The summed E-state index contributed by atoms with van der Waals surface area (Å²) in [5.41, 5.74) is 4.34. The van der Waals surface area contributed by atoms with E-state index < -0.39 is 6.10 Å². The molecule has 0 amide bonds. The van der Waals surface area contributed by atoms with Crippen molar-refractivity contribution in [3.63, 3.8) is 0 Å².